The molecule has 0 saturated carbocycles. The van der Waals surface area contributed by atoms with E-state index < -0.39 is 10.0 Å². The number of rotatable bonds is 5. The van der Waals surface area contributed by atoms with Crippen LogP contribution >= 0.6 is 0 Å². The zero-order chi connectivity index (χ0) is 17.0. The Morgan fingerprint density at radius 2 is 1.83 bits per heavy atom. The van der Waals surface area contributed by atoms with Crippen LogP contribution < -0.4 is 5.32 Å². The van der Waals surface area contributed by atoms with Crippen molar-refractivity contribution in [2.75, 3.05) is 31.6 Å². The van der Waals surface area contributed by atoms with Gasteiger partial charge in [0, 0.05) is 25.3 Å². The number of hydrogen-bond donors (Lipinski definition) is 1. The summed E-state index contributed by atoms with van der Waals surface area (Å²) in [6.07, 6.45) is 1.41. The van der Waals surface area contributed by atoms with E-state index in [1.54, 1.807) is 12.1 Å². The summed E-state index contributed by atoms with van der Waals surface area (Å²) >= 11 is 0. The van der Waals surface area contributed by atoms with E-state index in [1.165, 1.54) is 10.5 Å². The van der Waals surface area contributed by atoms with Gasteiger partial charge < -0.3 is 10.1 Å². The van der Waals surface area contributed by atoms with Crippen LogP contribution in [0, 0.1) is 0 Å². The van der Waals surface area contributed by atoms with Gasteiger partial charge in [-0.2, -0.15) is 4.31 Å². The Balaban J connectivity index is 1.71. The Morgan fingerprint density at radius 3 is 2.46 bits per heavy atom. The van der Waals surface area contributed by atoms with Gasteiger partial charge in [0.1, 0.15) is 10.7 Å². The summed E-state index contributed by atoms with van der Waals surface area (Å²) in [6.45, 7) is 3.66. The van der Waals surface area contributed by atoms with Crippen LogP contribution in [0.1, 0.15) is 18.5 Å². The lowest BCUT2D eigenvalue weighted by molar-refractivity contribution is 0.0730. The minimum atomic E-state index is -3.50. The van der Waals surface area contributed by atoms with Gasteiger partial charge in [0.25, 0.3) is 0 Å². The second-order valence-corrected chi connectivity index (χ2v) is 7.61. The second-order valence-electron chi connectivity index (χ2n) is 5.67. The highest BCUT2D eigenvalue weighted by Gasteiger charge is 2.26. The van der Waals surface area contributed by atoms with E-state index in [2.05, 4.69) is 10.3 Å². The van der Waals surface area contributed by atoms with Crippen LogP contribution in [0.5, 0.6) is 0 Å². The molecule has 0 bridgehead atoms. The first-order valence-electron chi connectivity index (χ1n) is 7.93. The van der Waals surface area contributed by atoms with Gasteiger partial charge in [0.05, 0.1) is 13.2 Å². The molecule has 1 aromatic heterocycles. The average Bonchev–Trinajstić information content (AvgIpc) is 2.63. The van der Waals surface area contributed by atoms with Crippen molar-refractivity contribution in [2.24, 2.45) is 0 Å². The van der Waals surface area contributed by atoms with E-state index in [-0.39, 0.29) is 10.9 Å². The van der Waals surface area contributed by atoms with Crippen LogP contribution in [0.4, 0.5) is 5.82 Å². The lowest BCUT2D eigenvalue weighted by atomic mass is 10.1. The van der Waals surface area contributed by atoms with Gasteiger partial charge >= 0.3 is 0 Å². The van der Waals surface area contributed by atoms with Crippen LogP contribution in [0.15, 0.2) is 53.6 Å². The van der Waals surface area contributed by atoms with Crippen molar-refractivity contribution >= 4 is 15.8 Å². The fourth-order valence-corrected chi connectivity index (χ4v) is 3.96. The first kappa shape index (κ1) is 16.9. The molecule has 1 unspecified atom stereocenters. The van der Waals surface area contributed by atoms with Gasteiger partial charge in [-0.15, -0.1) is 0 Å². The maximum atomic E-state index is 12.6. The minimum absolute atomic E-state index is 0.0837. The number of aromatic nitrogens is 1. The van der Waals surface area contributed by atoms with Crippen molar-refractivity contribution in [1.29, 1.82) is 0 Å². The molecule has 2 heterocycles. The van der Waals surface area contributed by atoms with Gasteiger partial charge in [0.15, 0.2) is 0 Å². The lowest BCUT2D eigenvalue weighted by Gasteiger charge is -2.26. The molecule has 1 atom stereocenters. The SMILES string of the molecule is CC(Nc1ccc(S(=O)(=O)N2CCOCC2)cn1)c1ccccc1. The highest BCUT2D eigenvalue weighted by molar-refractivity contribution is 7.89. The molecule has 7 heteroatoms. The second kappa shape index (κ2) is 7.29. The number of pyridine rings is 1. The topological polar surface area (TPSA) is 71.5 Å². The van der Waals surface area contributed by atoms with E-state index in [1.807, 2.05) is 37.3 Å². The maximum Gasteiger partial charge on any atom is 0.244 e. The number of nitrogens with zero attached hydrogens (tertiary/aromatic N) is 2. The molecule has 1 aliphatic heterocycles. The van der Waals surface area contributed by atoms with Crippen molar-refractivity contribution in [3.63, 3.8) is 0 Å². The molecule has 1 aromatic carbocycles. The van der Waals surface area contributed by atoms with E-state index in [9.17, 15) is 8.42 Å². The summed E-state index contributed by atoms with van der Waals surface area (Å²) in [5.74, 6) is 0.646. The molecule has 128 valence electrons. The molecule has 0 radical (unpaired) electrons. The maximum absolute atomic E-state index is 12.6. The predicted octanol–water partition coefficient (Wildman–Crippen LogP) is 2.28. The van der Waals surface area contributed by atoms with Crippen LogP contribution in [-0.2, 0) is 14.8 Å². The highest BCUT2D eigenvalue weighted by Crippen LogP contribution is 2.20. The molecule has 0 aliphatic carbocycles. The first-order chi connectivity index (χ1) is 11.6. The van der Waals surface area contributed by atoms with Crippen LogP contribution in [-0.4, -0.2) is 44.0 Å². The third-order valence-corrected chi connectivity index (χ3v) is 5.89. The molecular formula is C17H21N3O3S. The van der Waals surface area contributed by atoms with Crippen molar-refractivity contribution < 1.29 is 13.2 Å². The quantitative estimate of drug-likeness (QED) is 0.898. The molecule has 6 nitrogen and oxygen atoms in total. The molecule has 1 saturated heterocycles. The van der Waals surface area contributed by atoms with Crippen molar-refractivity contribution in [2.45, 2.75) is 17.9 Å². The van der Waals surface area contributed by atoms with Gasteiger partial charge in [0.2, 0.25) is 10.0 Å². The number of anilines is 1. The highest BCUT2D eigenvalue weighted by atomic mass is 32.2. The van der Waals surface area contributed by atoms with E-state index in [0.717, 1.165) is 5.56 Å². The summed E-state index contributed by atoms with van der Waals surface area (Å²) < 4.78 is 31.7. The lowest BCUT2D eigenvalue weighted by Crippen LogP contribution is -2.40. The molecule has 1 fully saturated rings. The molecular weight excluding hydrogens is 326 g/mol. The Labute approximate surface area is 142 Å². The Kier molecular flexibility index (Phi) is 5.13. The number of sulfonamides is 1. The van der Waals surface area contributed by atoms with Crippen LogP contribution in [0.25, 0.3) is 0 Å². The van der Waals surface area contributed by atoms with E-state index in [4.69, 9.17) is 4.74 Å². The number of nitrogens with one attached hydrogen (secondary N) is 1. The molecule has 0 spiro atoms. The molecule has 1 aliphatic rings. The van der Waals surface area contributed by atoms with Gasteiger partial charge in [-0.3, -0.25) is 0 Å². The fraction of sp³-hybridized carbons (Fsp3) is 0.353. The number of hydrogen-bond acceptors (Lipinski definition) is 5. The summed E-state index contributed by atoms with van der Waals surface area (Å²) in [5, 5.41) is 3.28. The largest absolute Gasteiger partial charge is 0.379 e. The monoisotopic (exact) mass is 347 g/mol. The Morgan fingerprint density at radius 1 is 1.12 bits per heavy atom. The normalized spacial score (nSPS) is 17.4. The molecule has 24 heavy (non-hydrogen) atoms. The van der Waals surface area contributed by atoms with Gasteiger partial charge in [-0.25, -0.2) is 13.4 Å². The molecule has 3 rings (SSSR count). The Hall–Kier alpha value is -1.96. The van der Waals surface area contributed by atoms with E-state index >= 15 is 0 Å². The average molecular weight is 347 g/mol. The third kappa shape index (κ3) is 3.75. The smallest absolute Gasteiger partial charge is 0.244 e. The third-order valence-electron chi connectivity index (χ3n) is 4.01. The number of benzene rings is 1. The summed E-state index contributed by atoms with van der Waals surface area (Å²) in [7, 11) is -3.50. The zero-order valence-corrected chi connectivity index (χ0v) is 14.4. The molecule has 1 N–H and O–H groups in total. The van der Waals surface area contributed by atoms with E-state index in [0.29, 0.717) is 32.1 Å². The number of morpholine rings is 1. The minimum Gasteiger partial charge on any atom is -0.379 e. The van der Waals surface area contributed by atoms with Crippen LogP contribution in [0.2, 0.25) is 0 Å². The van der Waals surface area contributed by atoms with Gasteiger partial charge in [-0.1, -0.05) is 30.3 Å². The standard InChI is InChI=1S/C17H21N3O3S/c1-14(15-5-3-2-4-6-15)19-17-8-7-16(13-18-17)24(21,22)20-9-11-23-12-10-20/h2-8,13-14H,9-12H2,1H3,(H,18,19). The summed E-state index contributed by atoms with van der Waals surface area (Å²) in [6, 6.07) is 13.4. The van der Waals surface area contributed by atoms with Gasteiger partial charge in [-0.05, 0) is 24.6 Å². The molecule has 2 aromatic rings. The summed E-state index contributed by atoms with van der Waals surface area (Å²) in [5.41, 5.74) is 1.14. The van der Waals surface area contributed by atoms with Crippen molar-refractivity contribution in [1.82, 2.24) is 9.29 Å². The molecule has 0 amide bonds. The Bertz CT molecular complexity index is 757. The summed E-state index contributed by atoms with van der Waals surface area (Å²) in [4.78, 5) is 4.47. The van der Waals surface area contributed by atoms with Crippen molar-refractivity contribution in [3.8, 4) is 0 Å². The fourth-order valence-electron chi connectivity index (χ4n) is 2.60. The zero-order valence-electron chi connectivity index (χ0n) is 13.6. The van der Waals surface area contributed by atoms with Crippen LogP contribution in [0.3, 0.4) is 0 Å². The first-order valence-corrected chi connectivity index (χ1v) is 9.37. The predicted molar refractivity (Wildman–Crippen MR) is 92.3 cm³/mol. The number of ether oxygens (including phenoxy) is 1. The van der Waals surface area contributed by atoms with Crippen molar-refractivity contribution in [3.05, 3.63) is 54.2 Å².